The van der Waals surface area contributed by atoms with Gasteiger partial charge in [0.05, 0.1) is 12.6 Å². The second kappa shape index (κ2) is 2.98. The van der Waals surface area contributed by atoms with Gasteiger partial charge in [0, 0.05) is 6.04 Å². The quantitative estimate of drug-likeness (QED) is 0.636. The Labute approximate surface area is 62.4 Å². The third kappa shape index (κ3) is 2.67. The highest BCUT2D eigenvalue weighted by Crippen LogP contribution is 2.21. The minimum atomic E-state index is -4.17. The van der Waals surface area contributed by atoms with Gasteiger partial charge in [-0.2, -0.15) is 13.2 Å². The van der Waals surface area contributed by atoms with Crippen LogP contribution < -0.4 is 5.32 Å². The van der Waals surface area contributed by atoms with Crippen LogP contribution in [0.5, 0.6) is 0 Å². The molecule has 0 aromatic heterocycles. The minimum Gasteiger partial charge on any atom is -0.392 e. The molecule has 2 atom stereocenters. The Morgan fingerprint density at radius 3 is 2.27 bits per heavy atom. The average molecular weight is 169 g/mol. The van der Waals surface area contributed by atoms with Crippen molar-refractivity contribution in [2.75, 3.05) is 6.54 Å². The van der Waals surface area contributed by atoms with Crippen molar-refractivity contribution in [3.05, 3.63) is 0 Å². The second-order valence-corrected chi connectivity index (χ2v) is 2.75. The van der Waals surface area contributed by atoms with Crippen molar-refractivity contribution in [1.82, 2.24) is 5.32 Å². The maximum Gasteiger partial charge on any atom is 0.401 e. The number of alkyl halides is 3. The van der Waals surface area contributed by atoms with E-state index in [1.165, 1.54) is 0 Å². The lowest BCUT2D eigenvalue weighted by molar-refractivity contribution is -0.130. The van der Waals surface area contributed by atoms with Crippen LogP contribution in [0.1, 0.15) is 12.8 Å². The number of nitrogens with one attached hydrogen (secondary N) is 1. The molecule has 2 N–H and O–H groups in total. The van der Waals surface area contributed by atoms with Gasteiger partial charge in [-0.05, 0) is 12.8 Å². The maximum absolute atomic E-state index is 11.6. The number of rotatable bonds is 2. The zero-order valence-electron chi connectivity index (χ0n) is 5.86. The zero-order chi connectivity index (χ0) is 8.48. The second-order valence-electron chi connectivity index (χ2n) is 2.75. The van der Waals surface area contributed by atoms with Gasteiger partial charge < -0.3 is 10.4 Å². The minimum absolute atomic E-state index is 0.350. The first-order chi connectivity index (χ1) is 4.99. The van der Waals surface area contributed by atoms with Gasteiger partial charge in [0.1, 0.15) is 0 Å². The summed E-state index contributed by atoms with van der Waals surface area (Å²) in [5, 5.41) is 11.1. The largest absolute Gasteiger partial charge is 0.401 e. The van der Waals surface area contributed by atoms with E-state index in [0.717, 1.165) is 0 Å². The first-order valence-corrected chi connectivity index (χ1v) is 3.47. The van der Waals surface area contributed by atoms with Gasteiger partial charge in [-0.15, -0.1) is 0 Å². The summed E-state index contributed by atoms with van der Waals surface area (Å²) < 4.78 is 34.7. The first kappa shape index (κ1) is 8.80. The van der Waals surface area contributed by atoms with Crippen molar-refractivity contribution < 1.29 is 18.3 Å². The third-order valence-corrected chi connectivity index (χ3v) is 1.80. The van der Waals surface area contributed by atoms with Crippen LogP contribution in [0.15, 0.2) is 0 Å². The molecule has 66 valence electrons. The van der Waals surface area contributed by atoms with Gasteiger partial charge in [-0.3, -0.25) is 0 Å². The first-order valence-electron chi connectivity index (χ1n) is 3.47. The van der Waals surface area contributed by atoms with Crippen molar-refractivity contribution in [1.29, 1.82) is 0 Å². The average Bonchev–Trinajstić information content (AvgIpc) is 1.82. The molecule has 0 saturated heterocycles. The summed E-state index contributed by atoms with van der Waals surface area (Å²) in [5.41, 5.74) is 0. The molecule has 0 radical (unpaired) electrons. The molecule has 0 amide bonds. The molecule has 0 aromatic carbocycles. The Morgan fingerprint density at radius 1 is 1.36 bits per heavy atom. The van der Waals surface area contributed by atoms with Crippen molar-refractivity contribution in [3.63, 3.8) is 0 Å². The molecule has 0 aromatic rings. The van der Waals surface area contributed by atoms with Crippen molar-refractivity contribution in [2.45, 2.75) is 31.2 Å². The topological polar surface area (TPSA) is 32.3 Å². The molecule has 0 aliphatic heterocycles. The lowest BCUT2D eigenvalue weighted by Crippen LogP contribution is -2.50. The van der Waals surface area contributed by atoms with Crippen LogP contribution in [0.4, 0.5) is 13.2 Å². The summed E-state index contributed by atoms with van der Waals surface area (Å²) in [6, 6.07) is -0.350. The van der Waals surface area contributed by atoms with Crippen molar-refractivity contribution >= 4 is 0 Å². The van der Waals surface area contributed by atoms with E-state index in [1.54, 1.807) is 0 Å². The molecule has 5 heteroatoms. The van der Waals surface area contributed by atoms with Crippen molar-refractivity contribution in [3.8, 4) is 0 Å². The van der Waals surface area contributed by atoms with E-state index in [2.05, 4.69) is 5.32 Å². The number of halogens is 3. The van der Waals surface area contributed by atoms with Gasteiger partial charge in [0.15, 0.2) is 0 Å². The van der Waals surface area contributed by atoms with Crippen LogP contribution in [-0.4, -0.2) is 30.0 Å². The van der Waals surface area contributed by atoms with Gasteiger partial charge >= 0.3 is 6.18 Å². The molecule has 1 aliphatic carbocycles. The fourth-order valence-corrected chi connectivity index (χ4v) is 0.967. The van der Waals surface area contributed by atoms with Crippen molar-refractivity contribution in [2.24, 2.45) is 0 Å². The molecule has 1 fully saturated rings. The van der Waals surface area contributed by atoms with Crippen LogP contribution in [0.25, 0.3) is 0 Å². The molecular formula is C6H10F3NO. The number of hydrogen-bond acceptors (Lipinski definition) is 2. The number of aliphatic hydroxyl groups is 1. The van der Waals surface area contributed by atoms with Gasteiger partial charge in [0.25, 0.3) is 0 Å². The third-order valence-electron chi connectivity index (χ3n) is 1.80. The molecule has 1 saturated carbocycles. The normalized spacial score (nSPS) is 31.6. The van der Waals surface area contributed by atoms with E-state index >= 15 is 0 Å². The molecule has 0 heterocycles. The lowest BCUT2D eigenvalue weighted by Gasteiger charge is -2.33. The predicted octanol–water partition coefficient (Wildman–Crippen LogP) is 0.662. The summed E-state index contributed by atoms with van der Waals surface area (Å²) in [7, 11) is 0. The monoisotopic (exact) mass is 169 g/mol. The van der Waals surface area contributed by atoms with Crippen LogP contribution in [-0.2, 0) is 0 Å². The number of aliphatic hydroxyl groups excluding tert-OH is 1. The summed E-state index contributed by atoms with van der Waals surface area (Å²) in [6.45, 7) is -1.01. The summed E-state index contributed by atoms with van der Waals surface area (Å²) in [5.74, 6) is 0. The Kier molecular flexibility index (Phi) is 2.39. The number of hydrogen-bond donors (Lipinski definition) is 2. The summed E-state index contributed by atoms with van der Waals surface area (Å²) in [6.07, 6.45) is -3.51. The molecular weight excluding hydrogens is 159 g/mol. The van der Waals surface area contributed by atoms with E-state index in [-0.39, 0.29) is 6.04 Å². The van der Waals surface area contributed by atoms with Gasteiger partial charge in [-0.1, -0.05) is 0 Å². The van der Waals surface area contributed by atoms with E-state index < -0.39 is 18.8 Å². The Hall–Kier alpha value is -0.290. The van der Waals surface area contributed by atoms with Gasteiger partial charge in [0.2, 0.25) is 0 Å². The molecule has 1 aliphatic rings. The predicted molar refractivity (Wildman–Crippen MR) is 33.1 cm³/mol. The zero-order valence-corrected chi connectivity index (χ0v) is 5.86. The lowest BCUT2D eigenvalue weighted by atomic mass is 9.89. The van der Waals surface area contributed by atoms with Crippen LogP contribution in [0.3, 0.4) is 0 Å². The van der Waals surface area contributed by atoms with Crippen LogP contribution in [0.2, 0.25) is 0 Å². The van der Waals surface area contributed by atoms with E-state index in [0.29, 0.717) is 12.8 Å². The molecule has 11 heavy (non-hydrogen) atoms. The Morgan fingerprint density at radius 2 is 2.00 bits per heavy atom. The molecule has 2 nitrogen and oxygen atoms in total. The standard InChI is InChI=1S/C6H10F3NO/c7-6(8,9)3-10-4-1-2-5(4)11/h4-5,10-11H,1-3H2. The molecule has 1 rings (SSSR count). The maximum atomic E-state index is 11.6. The van der Waals surface area contributed by atoms with E-state index in [1.807, 2.05) is 0 Å². The fraction of sp³-hybridized carbons (Fsp3) is 1.00. The molecule has 0 bridgehead atoms. The Bertz CT molecular complexity index is 136. The van der Waals surface area contributed by atoms with Gasteiger partial charge in [-0.25, -0.2) is 0 Å². The highest BCUT2D eigenvalue weighted by molar-refractivity contribution is 4.86. The SMILES string of the molecule is OC1CCC1NCC(F)(F)F. The summed E-state index contributed by atoms with van der Waals surface area (Å²) in [4.78, 5) is 0. The van der Waals surface area contributed by atoms with E-state index in [9.17, 15) is 13.2 Å². The van der Waals surface area contributed by atoms with E-state index in [4.69, 9.17) is 5.11 Å². The highest BCUT2D eigenvalue weighted by atomic mass is 19.4. The smallest absolute Gasteiger partial charge is 0.392 e. The highest BCUT2D eigenvalue weighted by Gasteiger charge is 2.33. The summed E-state index contributed by atoms with van der Waals surface area (Å²) >= 11 is 0. The fourth-order valence-electron chi connectivity index (χ4n) is 0.967. The molecule has 0 spiro atoms. The molecule has 2 unspecified atom stereocenters. The van der Waals surface area contributed by atoms with Crippen LogP contribution >= 0.6 is 0 Å². The van der Waals surface area contributed by atoms with Crippen LogP contribution in [0, 0.1) is 0 Å². The Balaban J connectivity index is 2.12.